The number of fused-ring (bicyclic) bond motifs is 1. The van der Waals surface area contributed by atoms with Crippen molar-refractivity contribution in [2.24, 2.45) is 0 Å². The number of hydrogen-bond acceptors (Lipinski definition) is 2. The number of rotatable bonds is 4. The summed E-state index contributed by atoms with van der Waals surface area (Å²) in [4.78, 5) is 14.2. The van der Waals surface area contributed by atoms with Gasteiger partial charge in [-0.2, -0.15) is 5.26 Å². The summed E-state index contributed by atoms with van der Waals surface area (Å²) in [7, 11) is 0. The highest BCUT2D eigenvalue weighted by Gasteiger charge is 2.14. The fourth-order valence-corrected chi connectivity index (χ4v) is 3.14. The van der Waals surface area contributed by atoms with Gasteiger partial charge in [-0.1, -0.05) is 18.2 Å². The summed E-state index contributed by atoms with van der Waals surface area (Å²) in [5.41, 5.74) is 2.14. The topological polar surface area (TPSA) is 49.0 Å². The van der Waals surface area contributed by atoms with Crippen LogP contribution in [0.1, 0.15) is 31.2 Å². The second-order valence-electron chi connectivity index (χ2n) is 5.92. The van der Waals surface area contributed by atoms with Gasteiger partial charge in [0.2, 0.25) is 5.91 Å². The molecule has 1 aromatic heterocycles. The third-order valence-electron chi connectivity index (χ3n) is 4.36. The Balaban J connectivity index is 1.83. The quantitative estimate of drug-likeness (QED) is 0.811. The highest BCUT2D eigenvalue weighted by atomic mass is 16.2. The first kappa shape index (κ1) is 15.4. The van der Waals surface area contributed by atoms with Crippen molar-refractivity contribution in [1.82, 2.24) is 9.47 Å². The number of benzene rings is 1. The Morgan fingerprint density at radius 2 is 2.00 bits per heavy atom. The van der Waals surface area contributed by atoms with Gasteiger partial charge < -0.3 is 9.47 Å². The molecule has 2 aromatic rings. The number of hydrogen-bond donors (Lipinski definition) is 0. The molecule has 4 heteroatoms. The molecule has 0 atom stereocenters. The van der Waals surface area contributed by atoms with Gasteiger partial charge in [0.15, 0.2) is 0 Å². The molecule has 1 aliphatic rings. The second kappa shape index (κ2) is 7.15. The van der Waals surface area contributed by atoms with Crippen molar-refractivity contribution in [3.05, 3.63) is 42.1 Å². The van der Waals surface area contributed by atoms with Crippen LogP contribution >= 0.6 is 0 Å². The molecule has 0 saturated carbocycles. The Hall–Kier alpha value is -2.54. The van der Waals surface area contributed by atoms with Gasteiger partial charge in [0.05, 0.1) is 12.5 Å². The van der Waals surface area contributed by atoms with Crippen LogP contribution in [0.25, 0.3) is 17.0 Å². The lowest BCUT2D eigenvalue weighted by Gasteiger charge is -2.25. The minimum absolute atomic E-state index is 0.0959. The Morgan fingerprint density at radius 3 is 2.78 bits per heavy atom. The van der Waals surface area contributed by atoms with Crippen molar-refractivity contribution in [2.45, 2.75) is 32.2 Å². The van der Waals surface area contributed by atoms with Gasteiger partial charge in [-0.05, 0) is 31.4 Å². The highest BCUT2D eigenvalue weighted by Crippen LogP contribution is 2.23. The lowest BCUT2D eigenvalue weighted by atomic mass is 10.1. The van der Waals surface area contributed by atoms with Crippen molar-refractivity contribution in [2.75, 3.05) is 13.1 Å². The molecule has 0 radical (unpaired) electrons. The van der Waals surface area contributed by atoms with Crippen LogP contribution in [0.4, 0.5) is 0 Å². The average Bonchev–Trinajstić information content (AvgIpc) is 2.96. The van der Waals surface area contributed by atoms with Crippen LogP contribution in [-0.4, -0.2) is 28.5 Å². The zero-order valence-corrected chi connectivity index (χ0v) is 13.2. The zero-order valence-electron chi connectivity index (χ0n) is 13.2. The number of aromatic nitrogens is 1. The molecule has 1 fully saturated rings. The average molecular weight is 307 g/mol. The summed E-state index contributed by atoms with van der Waals surface area (Å²) in [5, 5.41) is 9.92. The molecule has 0 aliphatic carbocycles. The lowest BCUT2D eigenvalue weighted by molar-refractivity contribution is -0.126. The van der Waals surface area contributed by atoms with Crippen molar-refractivity contribution < 1.29 is 4.79 Å². The number of likely N-dealkylation sites (tertiary alicyclic amines) is 1. The summed E-state index contributed by atoms with van der Waals surface area (Å²) in [5.74, 6) is 0.0959. The van der Waals surface area contributed by atoms with E-state index in [0.717, 1.165) is 42.4 Å². The number of carbonyl (C=O) groups is 1. The van der Waals surface area contributed by atoms with Crippen LogP contribution in [0.2, 0.25) is 0 Å². The minimum atomic E-state index is 0.0959. The van der Waals surface area contributed by atoms with Gasteiger partial charge >= 0.3 is 0 Å². The number of amides is 1. The molecule has 1 aromatic carbocycles. The number of aryl methyl sites for hydroxylation is 1. The molecule has 0 bridgehead atoms. The van der Waals surface area contributed by atoms with Gasteiger partial charge in [-0.25, -0.2) is 0 Å². The number of piperidine rings is 1. The minimum Gasteiger partial charge on any atom is -0.346 e. The predicted octanol–water partition coefficient (Wildman–Crippen LogP) is 3.58. The monoisotopic (exact) mass is 307 g/mol. The van der Waals surface area contributed by atoms with Gasteiger partial charge in [0, 0.05) is 48.4 Å². The molecule has 4 nitrogen and oxygen atoms in total. The number of carbonyl (C=O) groups excluding carboxylic acids is 1. The summed E-state index contributed by atoms with van der Waals surface area (Å²) >= 11 is 0. The van der Waals surface area contributed by atoms with Crippen LogP contribution in [0.15, 0.2) is 36.5 Å². The number of nitriles is 1. The molecular formula is C19H21N3O. The van der Waals surface area contributed by atoms with E-state index < -0.39 is 0 Å². The maximum atomic E-state index is 12.3. The first-order chi connectivity index (χ1) is 11.3. The first-order valence-electron chi connectivity index (χ1n) is 8.21. The van der Waals surface area contributed by atoms with Gasteiger partial charge in [0.1, 0.15) is 0 Å². The van der Waals surface area contributed by atoms with Crippen LogP contribution < -0.4 is 0 Å². The van der Waals surface area contributed by atoms with E-state index in [1.807, 2.05) is 29.3 Å². The van der Waals surface area contributed by atoms with E-state index in [9.17, 15) is 4.79 Å². The van der Waals surface area contributed by atoms with Crippen LogP contribution in [0, 0.1) is 11.3 Å². The predicted molar refractivity (Wildman–Crippen MR) is 91.6 cm³/mol. The van der Waals surface area contributed by atoms with Crippen LogP contribution in [0.3, 0.4) is 0 Å². The van der Waals surface area contributed by atoms with E-state index >= 15 is 0 Å². The van der Waals surface area contributed by atoms with Crippen molar-refractivity contribution in [3.63, 3.8) is 0 Å². The van der Waals surface area contributed by atoms with E-state index in [2.05, 4.69) is 22.8 Å². The standard InChI is InChI=1S/C19H21N3O/c20-11-6-14-22-15-16(17-7-2-3-8-18(17)22)9-10-19(23)21-12-4-1-5-13-21/h2-3,7-10,15H,1,4-6,12-14H2/b10-9+. The molecule has 3 rings (SSSR count). The summed E-state index contributed by atoms with van der Waals surface area (Å²) < 4.78 is 2.09. The number of nitrogens with zero attached hydrogens (tertiary/aromatic N) is 3. The lowest BCUT2D eigenvalue weighted by Crippen LogP contribution is -2.34. The molecule has 1 amide bonds. The Kier molecular flexibility index (Phi) is 4.77. The highest BCUT2D eigenvalue weighted by molar-refractivity contribution is 5.96. The SMILES string of the molecule is N#CCCn1cc(/C=C/C(=O)N2CCCCC2)c2ccccc21. The van der Waals surface area contributed by atoms with Gasteiger partial charge in [-0.3, -0.25) is 4.79 Å². The fraction of sp³-hybridized carbons (Fsp3) is 0.368. The smallest absolute Gasteiger partial charge is 0.246 e. The van der Waals surface area contributed by atoms with Gasteiger partial charge in [-0.15, -0.1) is 0 Å². The molecular weight excluding hydrogens is 286 g/mol. The van der Waals surface area contributed by atoms with E-state index in [4.69, 9.17) is 5.26 Å². The van der Waals surface area contributed by atoms with Crippen molar-refractivity contribution in [1.29, 1.82) is 5.26 Å². The first-order valence-corrected chi connectivity index (χ1v) is 8.21. The van der Waals surface area contributed by atoms with E-state index in [-0.39, 0.29) is 5.91 Å². The van der Waals surface area contributed by atoms with E-state index in [1.165, 1.54) is 6.42 Å². The Morgan fingerprint density at radius 1 is 1.22 bits per heavy atom. The van der Waals surface area contributed by atoms with Gasteiger partial charge in [0.25, 0.3) is 0 Å². The summed E-state index contributed by atoms with van der Waals surface area (Å²) in [6, 6.07) is 10.3. The van der Waals surface area contributed by atoms with Crippen LogP contribution in [0.5, 0.6) is 0 Å². The molecule has 2 heterocycles. The largest absolute Gasteiger partial charge is 0.346 e. The maximum absolute atomic E-state index is 12.3. The maximum Gasteiger partial charge on any atom is 0.246 e. The van der Waals surface area contributed by atoms with E-state index in [0.29, 0.717) is 13.0 Å². The zero-order chi connectivity index (χ0) is 16.1. The molecule has 0 unspecified atom stereocenters. The Bertz CT molecular complexity index is 761. The molecule has 0 N–H and O–H groups in total. The fourth-order valence-electron chi connectivity index (χ4n) is 3.14. The molecule has 0 spiro atoms. The molecule has 1 saturated heterocycles. The molecule has 1 aliphatic heterocycles. The van der Waals surface area contributed by atoms with Crippen LogP contribution in [-0.2, 0) is 11.3 Å². The van der Waals surface area contributed by atoms with Crippen molar-refractivity contribution in [3.8, 4) is 6.07 Å². The third-order valence-corrected chi connectivity index (χ3v) is 4.36. The molecule has 23 heavy (non-hydrogen) atoms. The van der Waals surface area contributed by atoms with E-state index in [1.54, 1.807) is 6.08 Å². The molecule has 118 valence electrons. The van der Waals surface area contributed by atoms with Crippen molar-refractivity contribution >= 4 is 22.9 Å². The summed E-state index contributed by atoms with van der Waals surface area (Å²) in [6.45, 7) is 2.41. The number of para-hydroxylation sites is 1. The summed E-state index contributed by atoms with van der Waals surface area (Å²) in [6.07, 6.45) is 9.53. The normalized spacial score (nSPS) is 15.2. The second-order valence-corrected chi connectivity index (χ2v) is 5.92. The Labute approximate surface area is 136 Å². The third kappa shape index (κ3) is 3.45.